The predicted molar refractivity (Wildman–Crippen MR) is 102 cm³/mol. The van der Waals surface area contributed by atoms with Crippen molar-refractivity contribution in [1.82, 2.24) is 30.8 Å². The SMILES string of the molecule is CSc1ccc(OC(F)F)c(C2NNC=C2NC(=O)c2cnn3cccnc23)c1. The molecular formula is C18H16F2N6O2S. The number of hydrogen-bond acceptors (Lipinski definition) is 7. The van der Waals surface area contributed by atoms with Crippen LogP contribution in [0.4, 0.5) is 8.78 Å². The quantitative estimate of drug-likeness (QED) is 0.530. The average Bonchev–Trinajstić information content (AvgIpc) is 3.34. The molecule has 0 saturated heterocycles. The van der Waals surface area contributed by atoms with E-state index in [1.165, 1.54) is 28.5 Å². The molecule has 2 aromatic heterocycles. The van der Waals surface area contributed by atoms with E-state index in [4.69, 9.17) is 0 Å². The van der Waals surface area contributed by atoms with Gasteiger partial charge < -0.3 is 15.5 Å². The first-order valence-electron chi connectivity index (χ1n) is 8.50. The summed E-state index contributed by atoms with van der Waals surface area (Å²) in [5, 5.41) is 6.89. The van der Waals surface area contributed by atoms with Gasteiger partial charge in [-0.25, -0.2) is 14.9 Å². The van der Waals surface area contributed by atoms with Crippen LogP contribution in [0.2, 0.25) is 0 Å². The van der Waals surface area contributed by atoms with E-state index in [1.54, 1.807) is 36.8 Å². The lowest BCUT2D eigenvalue weighted by molar-refractivity contribution is -0.0506. The molecule has 8 nitrogen and oxygen atoms in total. The van der Waals surface area contributed by atoms with Crippen molar-refractivity contribution >= 4 is 23.3 Å². The van der Waals surface area contributed by atoms with Gasteiger partial charge in [-0.1, -0.05) is 0 Å². The highest BCUT2D eigenvalue weighted by Gasteiger charge is 2.28. The number of rotatable bonds is 6. The van der Waals surface area contributed by atoms with Crippen LogP contribution in [0.1, 0.15) is 22.0 Å². The molecule has 3 N–H and O–H groups in total. The van der Waals surface area contributed by atoms with Gasteiger partial charge in [0.25, 0.3) is 5.91 Å². The topological polar surface area (TPSA) is 92.6 Å². The summed E-state index contributed by atoms with van der Waals surface area (Å²) in [5.41, 5.74) is 7.37. The Morgan fingerprint density at radius 2 is 2.28 bits per heavy atom. The Bertz CT molecular complexity index is 1090. The van der Waals surface area contributed by atoms with Gasteiger partial charge in [0.05, 0.1) is 17.9 Å². The van der Waals surface area contributed by atoms with E-state index in [9.17, 15) is 13.6 Å². The lowest BCUT2D eigenvalue weighted by Gasteiger charge is -2.20. The first-order chi connectivity index (χ1) is 14.1. The third-order valence-electron chi connectivity index (χ3n) is 4.29. The summed E-state index contributed by atoms with van der Waals surface area (Å²) in [4.78, 5) is 17.8. The smallest absolute Gasteiger partial charge is 0.387 e. The maximum atomic E-state index is 12.8. The monoisotopic (exact) mass is 418 g/mol. The molecular weight excluding hydrogens is 402 g/mol. The van der Waals surface area contributed by atoms with Gasteiger partial charge in [0.15, 0.2) is 5.65 Å². The number of carbonyl (C=O) groups is 1. The summed E-state index contributed by atoms with van der Waals surface area (Å²) in [6, 6.07) is 6.02. The number of benzene rings is 1. The van der Waals surface area contributed by atoms with E-state index in [0.29, 0.717) is 22.5 Å². The molecule has 11 heteroatoms. The lowest BCUT2D eigenvalue weighted by atomic mass is 10.0. The second-order valence-corrected chi connectivity index (χ2v) is 6.88. The summed E-state index contributed by atoms with van der Waals surface area (Å²) in [6.45, 7) is -2.96. The van der Waals surface area contributed by atoms with Gasteiger partial charge >= 0.3 is 6.61 Å². The van der Waals surface area contributed by atoms with E-state index < -0.39 is 18.6 Å². The van der Waals surface area contributed by atoms with Crippen LogP contribution in [0.3, 0.4) is 0 Å². The molecule has 0 aliphatic carbocycles. The zero-order chi connectivity index (χ0) is 20.4. The van der Waals surface area contributed by atoms with Crippen LogP contribution < -0.4 is 20.9 Å². The minimum absolute atomic E-state index is 0.0248. The van der Waals surface area contributed by atoms with E-state index in [2.05, 4.69) is 31.0 Å². The van der Waals surface area contributed by atoms with Crippen LogP contribution in [0.15, 0.2) is 59.6 Å². The van der Waals surface area contributed by atoms with Crippen molar-refractivity contribution < 1.29 is 18.3 Å². The zero-order valence-corrected chi connectivity index (χ0v) is 15.9. The summed E-state index contributed by atoms with van der Waals surface area (Å²) in [6.07, 6.45) is 8.10. The van der Waals surface area contributed by atoms with Crippen LogP contribution in [-0.4, -0.2) is 33.4 Å². The fourth-order valence-electron chi connectivity index (χ4n) is 2.99. The van der Waals surface area contributed by atoms with Crippen LogP contribution >= 0.6 is 11.8 Å². The number of hydrazine groups is 1. The molecule has 0 radical (unpaired) electrons. The number of carbonyl (C=O) groups excluding carboxylic acids is 1. The number of nitrogens with one attached hydrogen (secondary N) is 3. The Labute approximate surface area is 168 Å². The molecule has 3 heterocycles. The first kappa shape index (κ1) is 19.2. The molecule has 1 unspecified atom stereocenters. The molecule has 1 aromatic carbocycles. The summed E-state index contributed by atoms with van der Waals surface area (Å²) < 4.78 is 31.9. The Morgan fingerprint density at radius 3 is 3.07 bits per heavy atom. The number of hydrogen-bond donors (Lipinski definition) is 3. The lowest BCUT2D eigenvalue weighted by Crippen LogP contribution is -2.31. The summed E-state index contributed by atoms with van der Waals surface area (Å²) >= 11 is 1.47. The standard InChI is InChI=1S/C18H16F2N6O2S/c1-29-10-3-4-14(28-18(19)20)11(7-10)15-13(9-22-25-15)24-17(27)12-8-23-26-6-2-5-21-16(12)26/h2-9,15,18,22,25H,1H3,(H,24,27). The molecule has 4 rings (SSSR count). The number of alkyl halides is 2. The highest BCUT2D eigenvalue weighted by atomic mass is 32.2. The Kier molecular flexibility index (Phi) is 5.32. The Balaban J connectivity index is 1.62. The van der Waals surface area contributed by atoms with Gasteiger partial charge in [0, 0.05) is 29.1 Å². The normalized spacial score (nSPS) is 16.0. The number of nitrogens with zero attached hydrogens (tertiary/aromatic N) is 3. The van der Waals surface area contributed by atoms with Gasteiger partial charge in [-0.05, 0) is 30.5 Å². The van der Waals surface area contributed by atoms with Crippen molar-refractivity contribution in [2.75, 3.05) is 6.26 Å². The van der Waals surface area contributed by atoms with Gasteiger partial charge in [0.2, 0.25) is 0 Å². The fourth-order valence-corrected chi connectivity index (χ4v) is 3.43. The van der Waals surface area contributed by atoms with Gasteiger partial charge in [-0.3, -0.25) is 4.79 Å². The van der Waals surface area contributed by atoms with Crippen LogP contribution in [0.5, 0.6) is 5.75 Å². The molecule has 0 fully saturated rings. The third-order valence-corrected chi connectivity index (χ3v) is 5.02. The molecule has 3 aromatic rings. The number of aromatic nitrogens is 3. The molecule has 0 saturated carbocycles. The first-order valence-corrected chi connectivity index (χ1v) is 9.73. The maximum Gasteiger partial charge on any atom is 0.387 e. The minimum Gasteiger partial charge on any atom is -0.434 e. The fraction of sp³-hybridized carbons (Fsp3) is 0.167. The highest BCUT2D eigenvalue weighted by Crippen LogP contribution is 2.34. The van der Waals surface area contributed by atoms with Gasteiger partial charge in [-0.15, -0.1) is 11.8 Å². The number of amides is 1. The number of fused-ring (bicyclic) bond motifs is 1. The van der Waals surface area contributed by atoms with Crippen LogP contribution in [-0.2, 0) is 0 Å². The Morgan fingerprint density at radius 1 is 1.41 bits per heavy atom. The van der Waals surface area contributed by atoms with Crippen molar-refractivity contribution in [1.29, 1.82) is 0 Å². The van der Waals surface area contributed by atoms with Crippen molar-refractivity contribution in [3.63, 3.8) is 0 Å². The average molecular weight is 418 g/mol. The molecule has 1 aliphatic rings. The Hall–Kier alpha value is -3.18. The number of thioether (sulfide) groups is 1. The van der Waals surface area contributed by atoms with E-state index in [0.717, 1.165) is 4.90 Å². The van der Waals surface area contributed by atoms with Crippen molar-refractivity contribution in [2.45, 2.75) is 17.5 Å². The summed E-state index contributed by atoms with van der Waals surface area (Å²) in [7, 11) is 0. The third kappa shape index (κ3) is 3.87. The van der Waals surface area contributed by atoms with Gasteiger partial charge in [-0.2, -0.15) is 13.9 Å². The van der Waals surface area contributed by atoms with Crippen molar-refractivity contribution in [3.8, 4) is 5.75 Å². The maximum absolute atomic E-state index is 12.8. The second-order valence-electron chi connectivity index (χ2n) is 6.00. The second kappa shape index (κ2) is 8.05. The zero-order valence-electron chi connectivity index (χ0n) is 15.1. The summed E-state index contributed by atoms with van der Waals surface area (Å²) in [5.74, 6) is -0.394. The molecule has 1 amide bonds. The van der Waals surface area contributed by atoms with E-state index in [-0.39, 0.29) is 5.75 Å². The van der Waals surface area contributed by atoms with Gasteiger partial charge in [0.1, 0.15) is 11.3 Å². The van der Waals surface area contributed by atoms with Crippen LogP contribution in [0, 0.1) is 0 Å². The minimum atomic E-state index is -2.96. The molecule has 150 valence electrons. The molecule has 0 spiro atoms. The van der Waals surface area contributed by atoms with Crippen molar-refractivity contribution in [3.05, 3.63) is 65.9 Å². The van der Waals surface area contributed by atoms with E-state index in [1.807, 2.05) is 6.26 Å². The van der Waals surface area contributed by atoms with Crippen molar-refractivity contribution in [2.24, 2.45) is 0 Å². The van der Waals surface area contributed by atoms with E-state index >= 15 is 0 Å². The molecule has 1 aliphatic heterocycles. The molecule has 29 heavy (non-hydrogen) atoms. The molecule has 1 atom stereocenters. The predicted octanol–water partition coefficient (Wildman–Crippen LogP) is 2.47. The molecule has 0 bridgehead atoms. The number of halogens is 2. The largest absolute Gasteiger partial charge is 0.434 e. The number of ether oxygens (including phenoxy) is 1. The van der Waals surface area contributed by atoms with Crippen LogP contribution in [0.25, 0.3) is 5.65 Å². The highest BCUT2D eigenvalue weighted by molar-refractivity contribution is 7.98.